The third kappa shape index (κ3) is 4.74. The summed E-state index contributed by atoms with van der Waals surface area (Å²) in [6.45, 7) is -0.480. The van der Waals surface area contributed by atoms with Gasteiger partial charge in [-0.15, -0.1) is 0 Å². The van der Waals surface area contributed by atoms with Crippen molar-refractivity contribution in [3.8, 4) is 5.75 Å². The minimum atomic E-state index is -1.11. The van der Waals surface area contributed by atoms with Crippen LogP contribution in [-0.2, 0) is 4.79 Å². The molecule has 0 aliphatic heterocycles. The van der Waals surface area contributed by atoms with Gasteiger partial charge in [0.15, 0.2) is 12.4 Å². The van der Waals surface area contributed by atoms with E-state index in [2.05, 4.69) is 0 Å². The van der Waals surface area contributed by atoms with Crippen LogP contribution in [0, 0.1) is 11.6 Å². The molecule has 0 amide bonds. The van der Waals surface area contributed by atoms with Gasteiger partial charge in [-0.05, 0) is 54.6 Å². The molecule has 2 rings (SSSR count). The monoisotopic (exact) mass is 318 g/mol. The Hall–Kier alpha value is -3.02. The number of ketones is 1. The normalized spacial score (nSPS) is 10.7. The fraction of sp³-hybridized carbons (Fsp3) is 0.0588. The zero-order valence-electron chi connectivity index (χ0n) is 11.8. The summed E-state index contributed by atoms with van der Waals surface area (Å²) in [5.74, 6) is -2.43. The second-order valence-electron chi connectivity index (χ2n) is 4.57. The van der Waals surface area contributed by atoms with E-state index in [0.29, 0.717) is 11.3 Å². The minimum absolute atomic E-state index is 0.0280. The van der Waals surface area contributed by atoms with Gasteiger partial charge in [0.05, 0.1) is 0 Å². The van der Waals surface area contributed by atoms with Gasteiger partial charge in [-0.25, -0.2) is 13.6 Å². The smallest absolute Gasteiger partial charge is 0.341 e. The quantitative estimate of drug-likeness (QED) is 0.655. The van der Waals surface area contributed by atoms with Gasteiger partial charge in [0.25, 0.3) is 0 Å². The van der Waals surface area contributed by atoms with Gasteiger partial charge in [0, 0.05) is 11.1 Å². The van der Waals surface area contributed by atoms with Crippen LogP contribution in [0.15, 0.2) is 48.5 Å². The number of halogens is 2. The second-order valence-corrected chi connectivity index (χ2v) is 4.57. The highest BCUT2D eigenvalue weighted by atomic mass is 19.1. The maximum Gasteiger partial charge on any atom is 0.341 e. The molecule has 0 aromatic heterocycles. The lowest BCUT2D eigenvalue weighted by molar-refractivity contribution is -0.139. The average molecular weight is 318 g/mol. The van der Waals surface area contributed by atoms with Gasteiger partial charge < -0.3 is 9.84 Å². The fourth-order valence-corrected chi connectivity index (χ4v) is 1.76. The summed E-state index contributed by atoms with van der Waals surface area (Å²) in [5, 5.41) is 8.49. The Morgan fingerprint density at radius 1 is 1.09 bits per heavy atom. The molecule has 0 aliphatic carbocycles. The average Bonchev–Trinajstić information content (AvgIpc) is 2.54. The predicted octanol–water partition coefficient (Wildman–Crippen LogP) is 3.32. The standard InChI is InChI=1S/C17H12F2O4/c18-13-4-7-15(19)12(9-13)3-8-16(20)11-1-5-14(6-2-11)23-10-17(21)22/h1-9H,10H2,(H,21,22). The number of carbonyl (C=O) groups excluding carboxylic acids is 1. The highest BCUT2D eigenvalue weighted by Crippen LogP contribution is 2.15. The molecule has 0 unspecified atom stereocenters. The van der Waals surface area contributed by atoms with E-state index in [1.165, 1.54) is 30.3 Å². The second kappa shape index (κ2) is 7.31. The first-order valence-electron chi connectivity index (χ1n) is 6.58. The van der Waals surface area contributed by atoms with Gasteiger partial charge in [-0.3, -0.25) is 4.79 Å². The molecule has 4 nitrogen and oxygen atoms in total. The van der Waals surface area contributed by atoms with Gasteiger partial charge in [-0.2, -0.15) is 0 Å². The van der Waals surface area contributed by atoms with Crippen LogP contribution in [0.4, 0.5) is 8.78 Å². The van der Waals surface area contributed by atoms with Crippen LogP contribution in [0.2, 0.25) is 0 Å². The van der Waals surface area contributed by atoms with Gasteiger partial charge in [0.2, 0.25) is 0 Å². The summed E-state index contributed by atoms with van der Waals surface area (Å²) in [4.78, 5) is 22.3. The fourth-order valence-electron chi connectivity index (χ4n) is 1.76. The Kier molecular flexibility index (Phi) is 5.19. The molecule has 0 atom stereocenters. The van der Waals surface area contributed by atoms with Crippen LogP contribution < -0.4 is 4.74 Å². The number of rotatable bonds is 6. The van der Waals surface area contributed by atoms with E-state index in [1.807, 2.05) is 0 Å². The van der Waals surface area contributed by atoms with Crippen molar-refractivity contribution in [1.82, 2.24) is 0 Å². The van der Waals surface area contributed by atoms with Crippen LogP contribution in [-0.4, -0.2) is 23.5 Å². The largest absolute Gasteiger partial charge is 0.482 e. The summed E-state index contributed by atoms with van der Waals surface area (Å²) in [6, 6.07) is 8.76. The number of carboxylic acids is 1. The minimum Gasteiger partial charge on any atom is -0.482 e. The lowest BCUT2D eigenvalue weighted by Crippen LogP contribution is -2.09. The molecule has 1 N–H and O–H groups in total. The maximum absolute atomic E-state index is 13.4. The highest BCUT2D eigenvalue weighted by molar-refractivity contribution is 6.06. The first-order chi connectivity index (χ1) is 11.0. The van der Waals surface area contributed by atoms with E-state index in [4.69, 9.17) is 9.84 Å². The Morgan fingerprint density at radius 3 is 2.43 bits per heavy atom. The van der Waals surface area contributed by atoms with E-state index in [1.54, 1.807) is 0 Å². The van der Waals surface area contributed by atoms with Crippen molar-refractivity contribution in [2.45, 2.75) is 0 Å². The number of allylic oxidation sites excluding steroid dienone is 1. The molecule has 0 radical (unpaired) electrons. The number of hydrogen-bond donors (Lipinski definition) is 1. The number of carboxylic acid groups (broad SMARTS) is 1. The molecular weight excluding hydrogens is 306 g/mol. The number of ether oxygens (including phenoxy) is 1. The SMILES string of the molecule is O=C(O)COc1ccc(C(=O)C=Cc2cc(F)ccc2F)cc1. The molecule has 0 heterocycles. The van der Waals surface area contributed by atoms with Crippen LogP contribution in [0.1, 0.15) is 15.9 Å². The molecule has 0 saturated heterocycles. The number of aliphatic carboxylic acids is 1. The van der Waals surface area contributed by atoms with Crippen molar-refractivity contribution >= 4 is 17.8 Å². The van der Waals surface area contributed by atoms with Gasteiger partial charge >= 0.3 is 5.97 Å². The predicted molar refractivity (Wildman–Crippen MR) is 79.3 cm³/mol. The zero-order valence-corrected chi connectivity index (χ0v) is 11.8. The van der Waals surface area contributed by atoms with Crippen molar-refractivity contribution in [2.75, 3.05) is 6.61 Å². The van der Waals surface area contributed by atoms with Crippen molar-refractivity contribution in [3.05, 3.63) is 71.3 Å². The first-order valence-corrected chi connectivity index (χ1v) is 6.58. The van der Waals surface area contributed by atoms with E-state index >= 15 is 0 Å². The van der Waals surface area contributed by atoms with E-state index < -0.39 is 30.0 Å². The molecule has 0 bridgehead atoms. The molecule has 0 saturated carbocycles. The van der Waals surface area contributed by atoms with Gasteiger partial charge in [0.1, 0.15) is 17.4 Å². The molecule has 0 spiro atoms. The van der Waals surface area contributed by atoms with Crippen LogP contribution >= 0.6 is 0 Å². The number of hydrogen-bond acceptors (Lipinski definition) is 3. The molecule has 2 aromatic rings. The summed E-state index contributed by atoms with van der Waals surface area (Å²) >= 11 is 0. The summed E-state index contributed by atoms with van der Waals surface area (Å²) in [6.07, 6.45) is 2.32. The third-order valence-corrected chi connectivity index (χ3v) is 2.87. The number of carbonyl (C=O) groups is 2. The molecule has 23 heavy (non-hydrogen) atoms. The Morgan fingerprint density at radius 2 is 1.78 bits per heavy atom. The first kappa shape index (κ1) is 16.4. The van der Waals surface area contributed by atoms with E-state index in [9.17, 15) is 18.4 Å². The van der Waals surface area contributed by atoms with Gasteiger partial charge in [-0.1, -0.05) is 0 Å². The molecule has 6 heteroatoms. The van der Waals surface area contributed by atoms with E-state index in [0.717, 1.165) is 24.3 Å². The Labute approximate surface area is 130 Å². The summed E-state index contributed by atoms with van der Waals surface area (Å²) in [5.41, 5.74) is 0.278. The highest BCUT2D eigenvalue weighted by Gasteiger charge is 2.05. The molecule has 118 valence electrons. The summed E-state index contributed by atoms with van der Waals surface area (Å²) in [7, 11) is 0. The Bertz CT molecular complexity index is 752. The number of benzene rings is 2. The topological polar surface area (TPSA) is 63.6 Å². The van der Waals surface area contributed by atoms with Crippen molar-refractivity contribution in [1.29, 1.82) is 0 Å². The van der Waals surface area contributed by atoms with Crippen LogP contribution in [0.25, 0.3) is 6.08 Å². The van der Waals surface area contributed by atoms with Crippen molar-refractivity contribution < 1.29 is 28.2 Å². The van der Waals surface area contributed by atoms with Crippen molar-refractivity contribution in [3.63, 3.8) is 0 Å². The lowest BCUT2D eigenvalue weighted by atomic mass is 10.1. The van der Waals surface area contributed by atoms with Crippen LogP contribution in [0.3, 0.4) is 0 Å². The third-order valence-electron chi connectivity index (χ3n) is 2.87. The maximum atomic E-state index is 13.4. The summed E-state index contributed by atoms with van der Waals surface area (Å²) < 4.78 is 31.4. The zero-order chi connectivity index (χ0) is 16.8. The molecule has 2 aromatic carbocycles. The molecule has 0 fully saturated rings. The van der Waals surface area contributed by atoms with Crippen molar-refractivity contribution in [2.24, 2.45) is 0 Å². The molecular formula is C17H12F2O4. The van der Waals surface area contributed by atoms with Crippen LogP contribution in [0.5, 0.6) is 5.75 Å². The van der Waals surface area contributed by atoms with E-state index in [-0.39, 0.29) is 5.56 Å². The lowest BCUT2D eigenvalue weighted by Gasteiger charge is -2.03. The Balaban J connectivity index is 2.07. The molecule has 0 aliphatic rings.